The quantitative estimate of drug-likeness (QED) is 0.918. The Morgan fingerprint density at radius 3 is 2.68 bits per heavy atom. The molecular formula is C19H26N2S. The Labute approximate surface area is 138 Å². The first-order valence-electron chi connectivity index (χ1n) is 8.15. The van der Waals surface area contributed by atoms with Gasteiger partial charge in [0, 0.05) is 37.1 Å². The van der Waals surface area contributed by atoms with Crippen LogP contribution in [0.15, 0.2) is 47.4 Å². The van der Waals surface area contributed by atoms with E-state index < -0.39 is 0 Å². The highest BCUT2D eigenvalue weighted by atomic mass is 32.2. The van der Waals surface area contributed by atoms with E-state index in [0.717, 1.165) is 26.2 Å². The maximum Gasteiger partial charge on any atom is 0.0552 e. The van der Waals surface area contributed by atoms with Gasteiger partial charge in [0.1, 0.15) is 0 Å². The van der Waals surface area contributed by atoms with E-state index in [1.165, 1.54) is 16.0 Å². The predicted molar refractivity (Wildman–Crippen MR) is 96.7 cm³/mol. The van der Waals surface area contributed by atoms with Crippen LogP contribution in [0, 0.1) is 13.8 Å². The zero-order valence-electron chi connectivity index (χ0n) is 13.8. The molecule has 0 radical (unpaired) electrons. The minimum absolute atomic E-state index is 0.0894. The van der Waals surface area contributed by atoms with Gasteiger partial charge in [0.05, 0.1) is 4.75 Å². The van der Waals surface area contributed by atoms with Gasteiger partial charge in [-0.05, 0) is 32.4 Å². The number of benzene rings is 1. The summed E-state index contributed by atoms with van der Waals surface area (Å²) in [4.78, 5) is 4.01. The van der Waals surface area contributed by atoms with Gasteiger partial charge < -0.3 is 5.32 Å². The largest absolute Gasteiger partial charge is 0.314 e. The number of aryl methyl sites for hydroxylation is 2. The van der Waals surface area contributed by atoms with Crippen molar-refractivity contribution >= 4 is 11.8 Å². The molecule has 1 aromatic carbocycles. The van der Waals surface area contributed by atoms with Crippen molar-refractivity contribution in [2.24, 2.45) is 0 Å². The lowest BCUT2D eigenvalue weighted by Crippen LogP contribution is -2.54. The third kappa shape index (κ3) is 3.32. The highest BCUT2D eigenvalue weighted by Crippen LogP contribution is 2.42. The van der Waals surface area contributed by atoms with Gasteiger partial charge >= 0.3 is 0 Å². The fraction of sp³-hybridized carbons (Fsp3) is 0.474. The van der Waals surface area contributed by atoms with Crippen LogP contribution in [0.25, 0.3) is 0 Å². The summed E-state index contributed by atoms with van der Waals surface area (Å²) in [6.07, 6.45) is 9.16. The molecule has 1 aliphatic heterocycles. The van der Waals surface area contributed by atoms with Crippen molar-refractivity contribution in [2.45, 2.75) is 36.5 Å². The molecule has 2 nitrogen and oxygen atoms in total. The van der Waals surface area contributed by atoms with E-state index in [-0.39, 0.29) is 4.75 Å². The van der Waals surface area contributed by atoms with E-state index in [9.17, 15) is 0 Å². The number of nitrogens with one attached hydrogen (secondary N) is 1. The Balaban J connectivity index is 1.84. The summed E-state index contributed by atoms with van der Waals surface area (Å²) in [7, 11) is 0. The van der Waals surface area contributed by atoms with Gasteiger partial charge in [-0.1, -0.05) is 42.0 Å². The van der Waals surface area contributed by atoms with Crippen LogP contribution in [-0.4, -0.2) is 41.9 Å². The summed E-state index contributed by atoms with van der Waals surface area (Å²) in [5.41, 5.74) is 2.72. The molecule has 0 amide bonds. The maximum atomic E-state index is 3.46. The minimum atomic E-state index is 0.0894. The summed E-state index contributed by atoms with van der Waals surface area (Å²) in [6.45, 7) is 11.2. The van der Waals surface area contributed by atoms with Crippen LogP contribution in [0.1, 0.15) is 18.1 Å². The molecule has 1 N–H and O–H groups in total. The Kier molecular flexibility index (Phi) is 4.76. The van der Waals surface area contributed by atoms with Crippen molar-refractivity contribution in [3.05, 3.63) is 53.6 Å². The highest BCUT2D eigenvalue weighted by molar-refractivity contribution is 8.01. The van der Waals surface area contributed by atoms with Crippen molar-refractivity contribution in [1.29, 1.82) is 0 Å². The van der Waals surface area contributed by atoms with E-state index in [2.05, 4.69) is 73.5 Å². The number of thioether (sulfide) groups is 1. The van der Waals surface area contributed by atoms with E-state index in [0.29, 0.717) is 6.04 Å². The average Bonchev–Trinajstić information content (AvgIpc) is 2.51. The van der Waals surface area contributed by atoms with Crippen molar-refractivity contribution in [1.82, 2.24) is 10.2 Å². The molecule has 1 fully saturated rings. The predicted octanol–water partition coefficient (Wildman–Crippen LogP) is 3.55. The fourth-order valence-electron chi connectivity index (χ4n) is 3.40. The molecule has 3 heteroatoms. The van der Waals surface area contributed by atoms with Gasteiger partial charge in [-0.3, -0.25) is 4.90 Å². The van der Waals surface area contributed by atoms with Gasteiger partial charge in [-0.25, -0.2) is 0 Å². The standard InChI is InChI=1S/C19H26N2S/c1-15-7-8-17(16(2)14-15)22-19(3)9-5-4-6-18(19)21-12-10-20-11-13-21/h4-9,14,18,20H,10-13H2,1-3H3. The average molecular weight is 314 g/mol. The van der Waals surface area contributed by atoms with Crippen LogP contribution < -0.4 is 5.32 Å². The lowest BCUT2D eigenvalue weighted by Gasteiger charge is -2.43. The second-order valence-electron chi connectivity index (χ2n) is 6.53. The Bertz CT molecular complexity index is 587. The second-order valence-corrected chi connectivity index (χ2v) is 8.05. The molecule has 0 spiro atoms. The van der Waals surface area contributed by atoms with Crippen LogP contribution in [0.4, 0.5) is 0 Å². The number of piperazine rings is 1. The maximum absolute atomic E-state index is 3.46. The molecule has 2 unspecified atom stereocenters. The van der Waals surface area contributed by atoms with Crippen molar-refractivity contribution in [2.75, 3.05) is 26.2 Å². The van der Waals surface area contributed by atoms with Crippen LogP contribution in [-0.2, 0) is 0 Å². The number of rotatable bonds is 3. The number of allylic oxidation sites excluding steroid dienone is 2. The normalized spacial score (nSPS) is 29.0. The Morgan fingerprint density at radius 2 is 1.95 bits per heavy atom. The van der Waals surface area contributed by atoms with Gasteiger partial charge in [0.15, 0.2) is 0 Å². The topological polar surface area (TPSA) is 15.3 Å². The molecule has 1 aromatic rings. The lowest BCUT2D eigenvalue weighted by atomic mass is 9.94. The molecule has 2 aliphatic rings. The van der Waals surface area contributed by atoms with Crippen molar-refractivity contribution in [3.8, 4) is 0 Å². The summed E-state index contributed by atoms with van der Waals surface area (Å²) >= 11 is 2.00. The molecule has 22 heavy (non-hydrogen) atoms. The molecule has 3 rings (SSSR count). The van der Waals surface area contributed by atoms with Gasteiger partial charge in [-0.15, -0.1) is 11.8 Å². The Morgan fingerprint density at radius 1 is 1.18 bits per heavy atom. The second kappa shape index (κ2) is 6.61. The highest BCUT2D eigenvalue weighted by Gasteiger charge is 2.37. The molecule has 2 atom stereocenters. The van der Waals surface area contributed by atoms with Crippen LogP contribution >= 0.6 is 11.8 Å². The van der Waals surface area contributed by atoms with Crippen molar-refractivity contribution in [3.63, 3.8) is 0 Å². The van der Waals surface area contributed by atoms with Gasteiger partial charge in [-0.2, -0.15) is 0 Å². The molecule has 0 saturated carbocycles. The molecule has 1 aliphatic carbocycles. The number of hydrogen-bond acceptors (Lipinski definition) is 3. The van der Waals surface area contributed by atoms with E-state index >= 15 is 0 Å². The number of nitrogens with zero attached hydrogens (tertiary/aromatic N) is 1. The summed E-state index contributed by atoms with van der Waals surface area (Å²) < 4.78 is 0.0894. The third-order valence-electron chi connectivity index (χ3n) is 4.62. The summed E-state index contributed by atoms with van der Waals surface area (Å²) in [6, 6.07) is 7.25. The first-order valence-corrected chi connectivity index (χ1v) is 8.97. The number of hydrogen-bond donors (Lipinski definition) is 1. The van der Waals surface area contributed by atoms with Gasteiger partial charge in [0.2, 0.25) is 0 Å². The fourth-order valence-corrected chi connectivity index (χ4v) is 4.72. The lowest BCUT2D eigenvalue weighted by molar-refractivity contribution is 0.186. The van der Waals surface area contributed by atoms with E-state index in [1.807, 2.05) is 11.8 Å². The molecular weight excluding hydrogens is 288 g/mol. The van der Waals surface area contributed by atoms with E-state index in [1.54, 1.807) is 0 Å². The molecule has 118 valence electrons. The summed E-state index contributed by atoms with van der Waals surface area (Å²) in [5.74, 6) is 0. The molecule has 1 saturated heterocycles. The van der Waals surface area contributed by atoms with Gasteiger partial charge in [0.25, 0.3) is 0 Å². The Hall–Kier alpha value is -1.03. The molecule has 0 aromatic heterocycles. The molecule has 0 bridgehead atoms. The molecule has 1 heterocycles. The van der Waals surface area contributed by atoms with E-state index in [4.69, 9.17) is 0 Å². The minimum Gasteiger partial charge on any atom is -0.314 e. The first kappa shape index (κ1) is 15.9. The third-order valence-corrected chi connectivity index (χ3v) is 6.12. The zero-order valence-corrected chi connectivity index (χ0v) is 14.6. The van der Waals surface area contributed by atoms with Crippen LogP contribution in [0.3, 0.4) is 0 Å². The monoisotopic (exact) mass is 314 g/mol. The first-order chi connectivity index (χ1) is 10.6. The van der Waals surface area contributed by atoms with Crippen LogP contribution in [0.5, 0.6) is 0 Å². The zero-order chi connectivity index (χ0) is 15.6. The van der Waals surface area contributed by atoms with Crippen molar-refractivity contribution < 1.29 is 0 Å². The SMILES string of the molecule is Cc1ccc(SC2(C)C=CC=CC2N2CCNCC2)c(C)c1. The summed E-state index contributed by atoms with van der Waals surface area (Å²) in [5, 5.41) is 3.46. The smallest absolute Gasteiger partial charge is 0.0552 e. The van der Waals surface area contributed by atoms with Crippen LogP contribution in [0.2, 0.25) is 0 Å².